The molecule has 0 heterocycles. The highest BCUT2D eigenvalue weighted by molar-refractivity contribution is 6.35. The van der Waals surface area contributed by atoms with Crippen molar-refractivity contribution in [2.24, 2.45) is 5.10 Å². The first-order valence-corrected chi connectivity index (χ1v) is 12.2. The minimum Gasteiger partial charge on any atom is -0.484 e. The van der Waals surface area contributed by atoms with Crippen LogP contribution >= 0.6 is 0 Å². The van der Waals surface area contributed by atoms with Crippen LogP contribution in [0.3, 0.4) is 0 Å². The first-order chi connectivity index (χ1) is 17.9. The van der Waals surface area contributed by atoms with Gasteiger partial charge in [-0.2, -0.15) is 5.10 Å². The summed E-state index contributed by atoms with van der Waals surface area (Å²) >= 11 is 0. The van der Waals surface area contributed by atoms with Gasteiger partial charge in [-0.25, -0.2) is 5.43 Å². The third kappa shape index (κ3) is 8.61. The topological polar surface area (TPSA) is 109 Å². The number of carbonyl (C=O) groups is 3. The quantitative estimate of drug-likeness (QED) is 0.221. The van der Waals surface area contributed by atoms with E-state index in [1.807, 2.05) is 55.5 Å². The number of para-hydroxylation sites is 1. The molecule has 3 amide bonds. The van der Waals surface area contributed by atoms with Gasteiger partial charge in [0.05, 0.1) is 6.21 Å². The number of anilines is 1. The van der Waals surface area contributed by atoms with Crippen LogP contribution < -0.4 is 20.8 Å². The van der Waals surface area contributed by atoms with Crippen molar-refractivity contribution in [2.75, 3.05) is 11.9 Å². The second kappa shape index (κ2) is 13.6. The van der Waals surface area contributed by atoms with Gasteiger partial charge < -0.3 is 15.4 Å². The van der Waals surface area contributed by atoms with Crippen LogP contribution in [0.4, 0.5) is 5.69 Å². The number of nitrogens with one attached hydrogen (secondary N) is 3. The van der Waals surface area contributed by atoms with Crippen LogP contribution in [-0.4, -0.2) is 30.5 Å². The van der Waals surface area contributed by atoms with Gasteiger partial charge in [0, 0.05) is 12.2 Å². The van der Waals surface area contributed by atoms with E-state index in [-0.39, 0.29) is 19.1 Å². The van der Waals surface area contributed by atoms with Gasteiger partial charge in [-0.05, 0) is 64.9 Å². The average molecular weight is 501 g/mol. The molecule has 8 nitrogen and oxygen atoms in total. The molecule has 0 fully saturated rings. The number of hydrogen-bond acceptors (Lipinski definition) is 5. The minimum absolute atomic E-state index is 0.126. The number of carbonyl (C=O) groups excluding carboxylic acids is 3. The number of nitrogens with zero attached hydrogens (tertiary/aromatic N) is 1. The van der Waals surface area contributed by atoms with Gasteiger partial charge in [0.25, 0.3) is 5.91 Å². The Morgan fingerprint density at radius 2 is 1.62 bits per heavy atom. The SMILES string of the molecule is CCc1ccccc1NC(=O)COc1ccc(/C=N\NC(=O)C(=O)NCc2ccc(C(C)C)cc2)cc1. The number of amides is 3. The summed E-state index contributed by atoms with van der Waals surface area (Å²) in [6.45, 7) is 6.37. The zero-order valence-electron chi connectivity index (χ0n) is 21.3. The van der Waals surface area contributed by atoms with E-state index in [1.54, 1.807) is 24.3 Å². The van der Waals surface area contributed by atoms with Gasteiger partial charge in [-0.15, -0.1) is 0 Å². The Morgan fingerprint density at radius 1 is 0.919 bits per heavy atom. The molecule has 0 saturated carbocycles. The molecular formula is C29H32N4O4. The van der Waals surface area contributed by atoms with Crippen molar-refractivity contribution in [3.05, 3.63) is 95.1 Å². The highest BCUT2D eigenvalue weighted by atomic mass is 16.5. The molecule has 0 aliphatic heterocycles. The third-order valence-corrected chi connectivity index (χ3v) is 5.61. The summed E-state index contributed by atoms with van der Waals surface area (Å²) < 4.78 is 5.54. The summed E-state index contributed by atoms with van der Waals surface area (Å²) in [5.74, 6) is -0.933. The summed E-state index contributed by atoms with van der Waals surface area (Å²) in [6, 6.07) is 22.3. The minimum atomic E-state index is -0.856. The van der Waals surface area contributed by atoms with Crippen LogP contribution in [0, 0.1) is 0 Å². The molecule has 0 aliphatic carbocycles. The standard InChI is InChI=1S/C29H32N4O4/c1-4-23-7-5-6-8-26(23)32-27(34)19-37-25-15-11-22(12-16-25)18-31-33-29(36)28(35)30-17-21-9-13-24(14-10-21)20(2)3/h5-16,18,20H,4,17,19H2,1-3H3,(H,30,35)(H,32,34)(H,33,36)/b31-18-. The van der Waals surface area contributed by atoms with Crippen LogP contribution in [0.2, 0.25) is 0 Å². The predicted octanol–water partition coefficient (Wildman–Crippen LogP) is 4.16. The van der Waals surface area contributed by atoms with E-state index in [9.17, 15) is 14.4 Å². The largest absolute Gasteiger partial charge is 0.484 e. The van der Waals surface area contributed by atoms with E-state index < -0.39 is 11.8 Å². The second-order valence-electron chi connectivity index (χ2n) is 8.69. The molecule has 3 rings (SSSR count). The Morgan fingerprint density at radius 3 is 2.30 bits per heavy atom. The normalized spacial score (nSPS) is 10.8. The van der Waals surface area contributed by atoms with E-state index in [1.165, 1.54) is 11.8 Å². The van der Waals surface area contributed by atoms with Crippen molar-refractivity contribution < 1.29 is 19.1 Å². The van der Waals surface area contributed by atoms with Gasteiger partial charge in [0.2, 0.25) is 0 Å². The number of rotatable bonds is 10. The smallest absolute Gasteiger partial charge is 0.329 e. The molecule has 0 aromatic heterocycles. The zero-order chi connectivity index (χ0) is 26.6. The molecular weight excluding hydrogens is 468 g/mol. The van der Waals surface area contributed by atoms with Gasteiger partial charge in [-0.3, -0.25) is 14.4 Å². The van der Waals surface area contributed by atoms with Crippen LogP contribution in [-0.2, 0) is 27.3 Å². The Balaban J connectivity index is 1.40. The van der Waals surface area contributed by atoms with Gasteiger partial charge in [-0.1, -0.05) is 63.2 Å². The van der Waals surface area contributed by atoms with Crippen molar-refractivity contribution in [2.45, 2.75) is 39.7 Å². The van der Waals surface area contributed by atoms with Crippen LogP contribution in [0.5, 0.6) is 5.75 Å². The monoisotopic (exact) mass is 500 g/mol. The molecule has 0 spiro atoms. The van der Waals surface area contributed by atoms with Gasteiger partial charge in [0.1, 0.15) is 5.75 Å². The van der Waals surface area contributed by atoms with Gasteiger partial charge >= 0.3 is 11.8 Å². The van der Waals surface area contributed by atoms with Crippen molar-refractivity contribution in [1.82, 2.24) is 10.7 Å². The molecule has 0 atom stereocenters. The van der Waals surface area contributed by atoms with Crippen molar-refractivity contribution >= 4 is 29.6 Å². The average Bonchev–Trinajstić information content (AvgIpc) is 2.91. The Kier molecular flexibility index (Phi) is 9.96. The maximum atomic E-state index is 12.2. The van der Waals surface area contributed by atoms with E-state index in [0.717, 1.165) is 23.2 Å². The summed E-state index contributed by atoms with van der Waals surface area (Å²) in [5.41, 5.74) is 6.84. The Hall–Kier alpha value is -4.46. The molecule has 3 aromatic rings. The van der Waals surface area contributed by atoms with E-state index in [0.29, 0.717) is 17.2 Å². The van der Waals surface area contributed by atoms with Gasteiger partial charge in [0.15, 0.2) is 6.61 Å². The number of aryl methyl sites for hydroxylation is 1. The predicted molar refractivity (Wildman–Crippen MR) is 145 cm³/mol. The lowest BCUT2D eigenvalue weighted by molar-refractivity contribution is -0.139. The maximum Gasteiger partial charge on any atom is 0.329 e. The first-order valence-electron chi connectivity index (χ1n) is 12.2. The zero-order valence-corrected chi connectivity index (χ0v) is 21.3. The highest BCUT2D eigenvalue weighted by Gasteiger charge is 2.12. The molecule has 37 heavy (non-hydrogen) atoms. The van der Waals surface area contributed by atoms with Crippen molar-refractivity contribution in [3.63, 3.8) is 0 Å². The van der Waals surface area contributed by atoms with Crippen LogP contribution in [0.15, 0.2) is 77.9 Å². The summed E-state index contributed by atoms with van der Waals surface area (Å²) in [4.78, 5) is 36.2. The van der Waals surface area contributed by atoms with Crippen molar-refractivity contribution in [3.8, 4) is 5.75 Å². The molecule has 0 aliphatic rings. The Labute approximate surface area is 217 Å². The number of hydrogen-bond donors (Lipinski definition) is 3. The fraction of sp³-hybridized carbons (Fsp3) is 0.241. The molecule has 8 heteroatoms. The maximum absolute atomic E-state index is 12.2. The number of ether oxygens (including phenoxy) is 1. The lowest BCUT2D eigenvalue weighted by atomic mass is 10.0. The van der Waals surface area contributed by atoms with Crippen molar-refractivity contribution in [1.29, 1.82) is 0 Å². The fourth-order valence-electron chi connectivity index (χ4n) is 3.44. The third-order valence-electron chi connectivity index (χ3n) is 5.61. The molecule has 3 aromatic carbocycles. The molecule has 0 radical (unpaired) electrons. The number of benzene rings is 3. The first kappa shape index (κ1) is 27.1. The summed E-state index contributed by atoms with van der Waals surface area (Å²) in [7, 11) is 0. The fourth-order valence-corrected chi connectivity index (χ4v) is 3.44. The summed E-state index contributed by atoms with van der Waals surface area (Å²) in [6.07, 6.45) is 2.23. The molecule has 3 N–H and O–H groups in total. The molecule has 0 bridgehead atoms. The molecule has 0 saturated heterocycles. The Bertz CT molecular complexity index is 1240. The lowest BCUT2D eigenvalue weighted by Crippen LogP contribution is -2.37. The van der Waals surface area contributed by atoms with E-state index >= 15 is 0 Å². The van der Waals surface area contributed by atoms with Crippen LogP contribution in [0.1, 0.15) is 48.9 Å². The molecule has 192 valence electrons. The van der Waals surface area contributed by atoms with E-state index in [2.05, 4.69) is 35.0 Å². The van der Waals surface area contributed by atoms with E-state index in [4.69, 9.17) is 4.74 Å². The lowest BCUT2D eigenvalue weighted by Gasteiger charge is -2.10. The summed E-state index contributed by atoms with van der Waals surface area (Å²) in [5, 5.41) is 9.26. The second-order valence-corrected chi connectivity index (χ2v) is 8.69. The highest BCUT2D eigenvalue weighted by Crippen LogP contribution is 2.16. The number of hydrazone groups is 1. The van der Waals surface area contributed by atoms with Crippen LogP contribution in [0.25, 0.3) is 0 Å². The molecule has 0 unspecified atom stereocenters.